The van der Waals surface area contributed by atoms with Gasteiger partial charge in [-0.3, -0.25) is 4.90 Å². The van der Waals surface area contributed by atoms with E-state index in [4.69, 9.17) is 10.1 Å². The maximum Gasteiger partial charge on any atom is 0.129 e. The highest BCUT2D eigenvalue weighted by Crippen LogP contribution is 2.40. The molecule has 0 saturated carbocycles. The number of hydrogen-bond acceptors (Lipinski definition) is 4. The molecule has 1 aromatic carbocycles. The van der Waals surface area contributed by atoms with Gasteiger partial charge in [-0.1, -0.05) is 32.0 Å². The Morgan fingerprint density at radius 1 is 1.04 bits per heavy atom. The number of pyridine rings is 1. The average Bonchev–Trinajstić information content (AvgIpc) is 3.03. The van der Waals surface area contributed by atoms with E-state index >= 15 is 0 Å². The van der Waals surface area contributed by atoms with Gasteiger partial charge in [0.1, 0.15) is 5.82 Å². The molecular formula is C24H33N3O. The van der Waals surface area contributed by atoms with Crippen molar-refractivity contribution in [1.82, 2.24) is 9.88 Å². The van der Waals surface area contributed by atoms with Gasteiger partial charge in [0.2, 0.25) is 0 Å². The Labute approximate surface area is 169 Å². The number of aliphatic hydroxyl groups excluding tert-OH is 1. The van der Waals surface area contributed by atoms with Crippen molar-refractivity contribution >= 4 is 5.82 Å². The van der Waals surface area contributed by atoms with Crippen molar-refractivity contribution in [1.29, 1.82) is 0 Å². The molecule has 0 radical (unpaired) electrons. The van der Waals surface area contributed by atoms with E-state index in [2.05, 4.69) is 60.0 Å². The number of fused-ring (bicyclic) bond motifs is 1. The summed E-state index contributed by atoms with van der Waals surface area (Å²) < 4.78 is 0. The number of aliphatic hydroxyl groups is 1. The summed E-state index contributed by atoms with van der Waals surface area (Å²) in [6, 6.07) is 13.3. The lowest BCUT2D eigenvalue weighted by Crippen LogP contribution is -2.46. The normalized spacial score (nSPS) is 19.0. The van der Waals surface area contributed by atoms with Gasteiger partial charge in [-0.05, 0) is 67.0 Å². The molecule has 1 fully saturated rings. The van der Waals surface area contributed by atoms with Crippen molar-refractivity contribution in [3.63, 3.8) is 0 Å². The minimum absolute atomic E-state index is 0.273. The largest absolute Gasteiger partial charge is 0.396 e. The molecule has 0 amide bonds. The van der Waals surface area contributed by atoms with E-state index in [0.717, 1.165) is 57.1 Å². The van der Waals surface area contributed by atoms with E-state index in [1.807, 2.05) is 0 Å². The molecule has 1 aromatic heterocycles. The molecule has 2 heterocycles. The Kier molecular flexibility index (Phi) is 5.70. The summed E-state index contributed by atoms with van der Waals surface area (Å²) in [5, 5.41) is 8.95. The van der Waals surface area contributed by atoms with Gasteiger partial charge in [-0.2, -0.15) is 0 Å². The second kappa shape index (κ2) is 8.22. The summed E-state index contributed by atoms with van der Waals surface area (Å²) in [6.45, 7) is 10.3. The predicted molar refractivity (Wildman–Crippen MR) is 116 cm³/mol. The van der Waals surface area contributed by atoms with Gasteiger partial charge < -0.3 is 10.0 Å². The van der Waals surface area contributed by atoms with Gasteiger partial charge in [-0.15, -0.1) is 0 Å². The number of rotatable bonds is 6. The smallest absolute Gasteiger partial charge is 0.129 e. The average molecular weight is 380 g/mol. The Bertz CT molecular complexity index is 809. The highest BCUT2D eigenvalue weighted by molar-refractivity contribution is 5.64. The fraction of sp³-hybridized carbons (Fsp3) is 0.542. The monoisotopic (exact) mass is 379 g/mol. The number of hydrogen-bond donors (Lipinski definition) is 1. The maximum absolute atomic E-state index is 8.95. The van der Waals surface area contributed by atoms with Crippen LogP contribution in [0, 0.1) is 0 Å². The number of aryl methyl sites for hydroxylation is 1. The van der Waals surface area contributed by atoms with Crippen molar-refractivity contribution in [2.75, 3.05) is 44.2 Å². The molecule has 4 rings (SSSR count). The molecule has 1 aliphatic carbocycles. The van der Waals surface area contributed by atoms with E-state index in [0.29, 0.717) is 6.61 Å². The van der Waals surface area contributed by atoms with Crippen molar-refractivity contribution in [3.8, 4) is 11.3 Å². The molecule has 0 spiro atoms. The fourth-order valence-electron chi connectivity index (χ4n) is 4.57. The Morgan fingerprint density at radius 3 is 2.64 bits per heavy atom. The molecule has 4 heteroatoms. The molecule has 150 valence electrons. The highest BCUT2D eigenvalue weighted by Gasteiger charge is 2.29. The van der Waals surface area contributed by atoms with Gasteiger partial charge in [0.25, 0.3) is 0 Å². The first-order chi connectivity index (χ1) is 13.6. The lowest BCUT2D eigenvalue weighted by atomic mass is 9.85. The van der Waals surface area contributed by atoms with Crippen LogP contribution in [0.4, 0.5) is 5.82 Å². The van der Waals surface area contributed by atoms with Gasteiger partial charge in [0.05, 0.1) is 5.69 Å². The van der Waals surface area contributed by atoms with Crippen LogP contribution in [0.15, 0.2) is 36.4 Å². The fourth-order valence-corrected chi connectivity index (χ4v) is 4.57. The summed E-state index contributed by atoms with van der Waals surface area (Å²) in [4.78, 5) is 9.92. The summed E-state index contributed by atoms with van der Waals surface area (Å²) in [7, 11) is 0. The summed E-state index contributed by atoms with van der Waals surface area (Å²) in [6.07, 6.45) is 4.42. The second-order valence-electron chi connectivity index (χ2n) is 8.90. The lowest BCUT2D eigenvalue weighted by Gasteiger charge is -2.35. The van der Waals surface area contributed by atoms with Crippen LogP contribution in [0.2, 0.25) is 0 Å². The third kappa shape index (κ3) is 4.08. The minimum atomic E-state index is 0.273. The van der Waals surface area contributed by atoms with Crippen LogP contribution in [-0.2, 0) is 11.8 Å². The van der Waals surface area contributed by atoms with Gasteiger partial charge in [0, 0.05) is 38.3 Å². The summed E-state index contributed by atoms with van der Waals surface area (Å²) in [5.74, 6) is 1.09. The third-order valence-corrected chi connectivity index (χ3v) is 6.47. The number of benzene rings is 1. The molecule has 0 atom stereocenters. The summed E-state index contributed by atoms with van der Waals surface area (Å²) in [5.41, 5.74) is 5.58. The van der Waals surface area contributed by atoms with Crippen molar-refractivity contribution < 1.29 is 5.11 Å². The van der Waals surface area contributed by atoms with Crippen molar-refractivity contribution in [2.45, 2.75) is 44.9 Å². The van der Waals surface area contributed by atoms with Crippen molar-refractivity contribution in [2.24, 2.45) is 0 Å². The van der Waals surface area contributed by atoms with Gasteiger partial charge >= 0.3 is 0 Å². The zero-order valence-electron chi connectivity index (χ0n) is 17.3. The molecule has 1 saturated heterocycles. The quantitative estimate of drug-likeness (QED) is 0.774. The third-order valence-electron chi connectivity index (χ3n) is 6.47. The second-order valence-corrected chi connectivity index (χ2v) is 8.90. The number of anilines is 1. The summed E-state index contributed by atoms with van der Waals surface area (Å²) >= 11 is 0. The van der Waals surface area contributed by atoms with Crippen LogP contribution in [0.25, 0.3) is 11.3 Å². The number of unbranched alkanes of at least 4 members (excludes halogenated alkanes) is 1. The van der Waals surface area contributed by atoms with E-state index in [1.165, 1.54) is 29.5 Å². The molecule has 1 N–H and O–H groups in total. The Hall–Kier alpha value is -1.91. The van der Waals surface area contributed by atoms with Gasteiger partial charge in [-0.25, -0.2) is 4.98 Å². The van der Waals surface area contributed by atoms with Crippen LogP contribution in [0.3, 0.4) is 0 Å². The molecule has 0 bridgehead atoms. The first-order valence-corrected chi connectivity index (χ1v) is 10.8. The molecule has 4 nitrogen and oxygen atoms in total. The van der Waals surface area contributed by atoms with Crippen molar-refractivity contribution in [3.05, 3.63) is 47.5 Å². The van der Waals surface area contributed by atoms with Crippen LogP contribution >= 0.6 is 0 Å². The SMILES string of the molecule is CC1(C)CCc2ccc(-c3cccc(N4CCN(CCCCO)CC4)n3)cc21. The molecule has 0 unspecified atom stereocenters. The Balaban J connectivity index is 1.46. The predicted octanol–water partition coefficient (Wildman–Crippen LogP) is 3.87. The molecular weight excluding hydrogens is 346 g/mol. The molecule has 28 heavy (non-hydrogen) atoms. The number of nitrogens with zero attached hydrogens (tertiary/aromatic N) is 3. The Morgan fingerprint density at radius 2 is 1.86 bits per heavy atom. The number of piperazine rings is 1. The van der Waals surface area contributed by atoms with E-state index in [-0.39, 0.29) is 5.41 Å². The zero-order chi connectivity index (χ0) is 19.6. The minimum Gasteiger partial charge on any atom is -0.396 e. The molecule has 2 aliphatic rings. The standard InChI is InChI=1S/C24H33N3O/c1-24(2)11-10-19-8-9-20(18-21(19)24)22-6-5-7-23(25-22)27-15-13-26(14-16-27)12-3-4-17-28/h5-9,18,28H,3-4,10-17H2,1-2H3. The van der Waals surface area contributed by atoms with Crippen LogP contribution in [-0.4, -0.2) is 54.3 Å². The van der Waals surface area contributed by atoms with E-state index in [1.54, 1.807) is 0 Å². The zero-order valence-corrected chi connectivity index (χ0v) is 17.3. The topological polar surface area (TPSA) is 39.6 Å². The highest BCUT2D eigenvalue weighted by atomic mass is 16.2. The van der Waals surface area contributed by atoms with Gasteiger partial charge in [0.15, 0.2) is 0 Å². The van der Waals surface area contributed by atoms with Crippen LogP contribution < -0.4 is 4.90 Å². The van der Waals surface area contributed by atoms with E-state index < -0.39 is 0 Å². The van der Waals surface area contributed by atoms with E-state index in [9.17, 15) is 0 Å². The number of aromatic nitrogens is 1. The van der Waals surface area contributed by atoms with Crippen LogP contribution in [0.1, 0.15) is 44.2 Å². The first kappa shape index (κ1) is 19.4. The molecule has 2 aromatic rings. The maximum atomic E-state index is 8.95. The lowest BCUT2D eigenvalue weighted by molar-refractivity contribution is 0.232. The molecule has 1 aliphatic heterocycles. The first-order valence-electron chi connectivity index (χ1n) is 10.8. The van der Waals surface area contributed by atoms with Crippen LogP contribution in [0.5, 0.6) is 0 Å².